The number of nitrogens with two attached hydrogens (primary N) is 2. The van der Waals surface area contributed by atoms with E-state index in [1.807, 2.05) is 12.1 Å². The minimum absolute atomic E-state index is 0.0573. The molecule has 0 bridgehead atoms. The van der Waals surface area contributed by atoms with Gasteiger partial charge in [-0.3, -0.25) is 24.0 Å². The van der Waals surface area contributed by atoms with Crippen LogP contribution in [0.1, 0.15) is 31.2 Å². The Balaban J connectivity index is 2.29. The molecule has 212 valence electrons. The van der Waals surface area contributed by atoms with Gasteiger partial charge in [-0.05, 0) is 24.5 Å². The van der Waals surface area contributed by atoms with E-state index in [0.29, 0.717) is 5.56 Å². The zero-order valence-electron chi connectivity index (χ0n) is 20.9. The average molecular weight is 565 g/mol. The molecule has 15 heteroatoms. The van der Waals surface area contributed by atoms with E-state index in [-0.39, 0.29) is 31.4 Å². The standard InChI is InChI=1S/C24H32N6O8S/c25-14(5-7-19(26)31)21(34)28-16(6-8-20(32)33)22(35)29-17(23(36)30-18(11-39)24(37)38)9-12-10-27-15-4-2-1-3-13(12)15/h1-4,10,14,16-18,27,39H,5-9,11,25H2,(H2,26,31)(H,28,34)(H,29,35)(H,30,36)(H,32,33)(H,37,38). The van der Waals surface area contributed by atoms with Crippen molar-refractivity contribution in [3.05, 3.63) is 36.0 Å². The van der Waals surface area contributed by atoms with Crippen molar-refractivity contribution in [1.82, 2.24) is 20.9 Å². The highest BCUT2D eigenvalue weighted by atomic mass is 32.1. The van der Waals surface area contributed by atoms with E-state index < -0.39 is 66.2 Å². The number of benzene rings is 1. The van der Waals surface area contributed by atoms with Crippen LogP contribution in [0.2, 0.25) is 0 Å². The van der Waals surface area contributed by atoms with Crippen LogP contribution in [0.5, 0.6) is 0 Å². The lowest BCUT2D eigenvalue weighted by atomic mass is 10.0. The van der Waals surface area contributed by atoms with Crippen LogP contribution in [-0.2, 0) is 35.2 Å². The number of para-hydroxylation sites is 1. The molecule has 1 aromatic heterocycles. The van der Waals surface area contributed by atoms with Gasteiger partial charge in [0.05, 0.1) is 6.04 Å². The first kappa shape index (κ1) is 31.1. The van der Waals surface area contributed by atoms with E-state index in [9.17, 15) is 33.9 Å². The molecule has 0 fully saturated rings. The Bertz CT molecular complexity index is 1220. The van der Waals surface area contributed by atoms with Crippen molar-refractivity contribution in [2.45, 2.75) is 56.3 Å². The lowest BCUT2D eigenvalue weighted by Gasteiger charge is -2.25. The van der Waals surface area contributed by atoms with Gasteiger partial charge in [-0.2, -0.15) is 12.6 Å². The topological polar surface area (TPSA) is 247 Å². The number of thiol groups is 1. The number of fused-ring (bicyclic) bond motifs is 1. The van der Waals surface area contributed by atoms with Gasteiger partial charge in [0.1, 0.15) is 18.1 Å². The Hall–Kier alpha value is -4.11. The SMILES string of the molecule is NC(=O)CCC(N)C(=O)NC(CCC(=O)O)C(=O)NC(Cc1c[nH]c2ccccc12)C(=O)NC(CS)C(=O)O. The number of primary amides is 1. The molecule has 4 atom stereocenters. The van der Waals surface area contributed by atoms with E-state index >= 15 is 0 Å². The molecule has 0 spiro atoms. The normalized spacial score (nSPS) is 14.0. The second-order valence-electron chi connectivity index (χ2n) is 8.81. The van der Waals surface area contributed by atoms with Crippen LogP contribution in [0.15, 0.2) is 30.5 Å². The molecule has 0 aliphatic rings. The Labute approximate surface area is 228 Å². The number of carboxylic acid groups (broad SMARTS) is 2. The zero-order valence-corrected chi connectivity index (χ0v) is 21.8. The fourth-order valence-corrected chi connectivity index (χ4v) is 3.95. The van der Waals surface area contributed by atoms with Crippen LogP contribution < -0.4 is 27.4 Å². The predicted molar refractivity (Wildman–Crippen MR) is 143 cm³/mol. The third-order valence-electron chi connectivity index (χ3n) is 5.85. The number of hydrogen-bond donors (Lipinski definition) is 9. The van der Waals surface area contributed by atoms with Crippen molar-refractivity contribution in [3.63, 3.8) is 0 Å². The fourth-order valence-electron chi connectivity index (χ4n) is 3.70. The predicted octanol–water partition coefficient (Wildman–Crippen LogP) is -1.36. The van der Waals surface area contributed by atoms with Gasteiger partial charge in [0.2, 0.25) is 23.6 Å². The highest BCUT2D eigenvalue weighted by Gasteiger charge is 2.31. The molecule has 4 amide bonds. The van der Waals surface area contributed by atoms with Crippen LogP contribution in [0.3, 0.4) is 0 Å². The molecule has 2 aromatic rings. The van der Waals surface area contributed by atoms with Crippen molar-refractivity contribution in [2.75, 3.05) is 5.75 Å². The molecule has 1 heterocycles. The number of hydrogen-bond acceptors (Lipinski definition) is 8. The molecule has 0 saturated carbocycles. The van der Waals surface area contributed by atoms with Gasteiger partial charge in [0.15, 0.2) is 0 Å². The summed E-state index contributed by atoms with van der Waals surface area (Å²) in [5.74, 6) is -5.97. The summed E-state index contributed by atoms with van der Waals surface area (Å²) in [6.45, 7) is 0. The van der Waals surface area contributed by atoms with Crippen molar-refractivity contribution in [2.24, 2.45) is 11.5 Å². The van der Waals surface area contributed by atoms with Crippen LogP contribution in [0, 0.1) is 0 Å². The number of aromatic amines is 1. The number of carbonyl (C=O) groups excluding carboxylic acids is 4. The van der Waals surface area contributed by atoms with Gasteiger partial charge in [-0.15, -0.1) is 0 Å². The number of H-pyrrole nitrogens is 1. The monoisotopic (exact) mass is 564 g/mol. The van der Waals surface area contributed by atoms with Crippen molar-refractivity contribution < 1.29 is 39.0 Å². The third-order valence-corrected chi connectivity index (χ3v) is 6.21. The second-order valence-corrected chi connectivity index (χ2v) is 9.18. The maximum atomic E-state index is 13.2. The molecule has 0 aliphatic heterocycles. The van der Waals surface area contributed by atoms with Gasteiger partial charge in [0.25, 0.3) is 0 Å². The first-order chi connectivity index (χ1) is 18.4. The minimum Gasteiger partial charge on any atom is -0.481 e. The van der Waals surface area contributed by atoms with E-state index in [0.717, 1.165) is 10.9 Å². The number of aromatic nitrogens is 1. The number of carbonyl (C=O) groups is 6. The molecule has 14 nitrogen and oxygen atoms in total. The maximum absolute atomic E-state index is 13.2. The average Bonchev–Trinajstić information content (AvgIpc) is 3.29. The summed E-state index contributed by atoms with van der Waals surface area (Å²) in [5.41, 5.74) is 12.2. The number of carboxylic acids is 2. The van der Waals surface area contributed by atoms with Crippen LogP contribution in [0.4, 0.5) is 0 Å². The maximum Gasteiger partial charge on any atom is 0.327 e. The molecule has 4 unspecified atom stereocenters. The summed E-state index contributed by atoms with van der Waals surface area (Å²) in [5, 5.41) is 26.4. The number of rotatable bonds is 16. The smallest absolute Gasteiger partial charge is 0.327 e. The summed E-state index contributed by atoms with van der Waals surface area (Å²) >= 11 is 3.94. The lowest BCUT2D eigenvalue weighted by Crippen LogP contribution is -2.58. The lowest BCUT2D eigenvalue weighted by molar-refractivity contribution is -0.141. The molecule has 0 saturated heterocycles. The summed E-state index contributed by atoms with van der Waals surface area (Å²) in [6.07, 6.45) is 0.494. The fraction of sp³-hybridized carbons (Fsp3) is 0.417. The molecule has 39 heavy (non-hydrogen) atoms. The minimum atomic E-state index is -1.40. The van der Waals surface area contributed by atoms with Crippen molar-refractivity contribution >= 4 is 59.1 Å². The van der Waals surface area contributed by atoms with Gasteiger partial charge < -0.3 is 42.6 Å². The second kappa shape index (κ2) is 14.7. The molecule has 1 aromatic carbocycles. The zero-order chi connectivity index (χ0) is 29.1. The first-order valence-electron chi connectivity index (χ1n) is 12.0. The molecule has 0 radical (unpaired) electrons. The highest BCUT2D eigenvalue weighted by molar-refractivity contribution is 7.80. The van der Waals surface area contributed by atoms with E-state index in [4.69, 9.17) is 16.6 Å². The van der Waals surface area contributed by atoms with Crippen LogP contribution in [0.25, 0.3) is 10.9 Å². The molecular weight excluding hydrogens is 532 g/mol. The van der Waals surface area contributed by atoms with E-state index in [2.05, 4.69) is 33.6 Å². The molecule has 0 aliphatic carbocycles. The largest absolute Gasteiger partial charge is 0.481 e. The summed E-state index contributed by atoms with van der Waals surface area (Å²) in [4.78, 5) is 75.5. The van der Waals surface area contributed by atoms with Gasteiger partial charge in [0, 0.05) is 42.1 Å². The van der Waals surface area contributed by atoms with Gasteiger partial charge in [-0.25, -0.2) is 4.79 Å². The third kappa shape index (κ3) is 9.61. The number of nitrogens with one attached hydrogen (secondary N) is 4. The van der Waals surface area contributed by atoms with Crippen LogP contribution in [-0.4, -0.2) is 80.7 Å². The Morgan fingerprint density at radius 3 is 2.10 bits per heavy atom. The van der Waals surface area contributed by atoms with Crippen molar-refractivity contribution in [1.29, 1.82) is 0 Å². The van der Waals surface area contributed by atoms with Crippen molar-refractivity contribution in [3.8, 4) is 0 Å². The van der Waals surface area contributed by atoms with Crippen LogP contribution >= 0.6 is 12.6 Å². The molecule has 2 rings (SSSR count). The Kier molecular flexibility index (Phi) is 11.7. The van der Waals surface area contributed by atoms with Gasteiger partial charge in [-0.1, -0.05) is 18.2 Å². The number of amides is 4. The molecule has 10 N–H and O–H groups in total. The number of aliphatic carboxylic acids is 2. The summed E-state index contributed by atoms with van der Waals surface area (Å²) < 4.78 is 0. The molecular formula is C24H32N6O8S. The Morgan fingerprint density at radius 1 is 0.872 bits per heavy atom. The quantitative estimate of drug-likeness (QED) is 0.109. The van der Waals surface area contributed by atoms with E-state index in [1.165, 1.54) is 0 Å². The highest BCUT2D eigenvalue weighted by Crippen LogP contribution is 2.19. The summed E-state index contributed by atoms with van der Waals surface area (Å²) in [6, 6.07) is 1.97. The van der Waals surface area contributed by atoms with Gasteiger partial charge >= 0.3 is 11.9 Å². The van der Waals surface area contributed by atoms with E-state index in [1.54, 1.807) is 18.3 Å². The summed E-state index contributed by atoms with van der Waals surface area (Å²) in [7, 11) is 0. The Morgan fingerprint density at radius 2 is 1.49 bits per heavy atom. The first-order valence-corrected chi connectivity index (χ1v) is 12.6.